The second-order valence-electron chi connectivity index (χ2n) is 6.45. The number of benzene rings is 2. The molecule has 2 heterocycles. The zero-order valence-corrected chi connectivity index (χ0v) is 16.7. The Labute approximate surface area is 177 Å². The Balaban J connectivity index is 1.76. The lowest BCUT2D eigenvalue weighted by molar-refractivity contribution is -0.122. The maximum Gasteiger partial charge on any atom is 0.270 e. The Morgan fingerprint density at radius 2 is 1.77 bits per heavy atom. The molecule has 7 nitrogen and oxygen atoms in total. The zero-order chi connectivity index (χ0) is 21.3. The van der Waals surface area contributed by atoms with Crippen LogP contribution in [0.5, 0.6) is 11.5 Å². The minimum absolute atomic E-state index is 0.0134. The van der Waals surface area contributed by atoms with Crippen LogP contribution in [0.25, 0.3) is 11.8 Å². The number of aromatic nitrogens is 1. The van der Waals surface area contributed by atoms with Crippen LogP contribution in [0, 0.1) is 0 Å². The molecule has 0 radical (unpaired) electrons. The number of anilines is 1. The quantitative estimate of drug-likeness (QED) is 0.386. The molecule has 0 bridgehead atoms. The molecule has 1 aliphatic heterocycles. The number of nitrogens with zero attached hydrogens (tertiary/aromatic N) is 2. The lowest BCUT2D eigenvalue weighted by Gasteiger charge is -2.29. The number of phenols is 1. The third-order valence-corrected chi connectivity index (χ3v) is 4.91. The lowest BCUT2D eigenvalue weighted by Crippen LogP contribution is -2.54. The Morgan fingerprint density at radius 1 is 1.03 bits per heavy atom. The van der Waals surface area contributed by atoms with Crippen LogP contribution >= 0.6 is 12.2 Å². The van der Waals surface area contributed by atoms with E-state index >= 15 is 0 Å². The van der Waals surface area contributed by atoms with Gasteiger partial charge in [0.05, 0.1) is 12.8 Å². The van der Waals surface area contributed by atoms with Gasteiger partial charge in [-0.3, -0.25) is 14.9 Å². The van der Waals surface area contributed by atoms with Gasteiger partial charge in [0.1, 0.15) is 17.1 Å². The highest BCUT2D eigenvalue weighted by Gasteiger charge is 2.36. The third kappa shape index (κ3) is 3.44. The number of ether oxygens (including phenoxy) is 1. The summed E-state index contributed by atoms with van der Waals surface area (Å²) in [7, 11) is 1.50. The number of hydrogen-bond donors (Lipinski definition) is 2. The Bertz CT molecular complexity index is 1180. The number of rotatable bonds is 4. The predicted octanol–water partition coefficient (Wildman–Crippen LogP) is 3.02. The van der Waals surface area contributed by atoms with E-state index < -0.39 is 11.8 Å². The van der Waals surface area contributed by atoms with Crippen LogP contribution in [0.1, 0.15) is 5.69 Å². The van der Waals surface area contributed by atoms with Crippen molar-refractivity contribution in [3.8, 4) is 17.2 Å². The van der Waals surface area contributed by atoms with Crippen LogP contribution in [-0.2, 0) is 9.59 Å². The number of thiocarbonyl (C=S) groups is 1. The zero-order valence-electron chi connectivity index (χ0n) is 15.9. The molecule has 8 heteroatoms. The highest BCUT2D eigenvalue weighted by Crippen LogP contribution is 2.31. The topological polar surface area (TPSA) is 83.8 Å². The number of para-hydroxylation sites is 2. The van der Waals surface area contributed by atoms with E-state index in [0.717, 1.165) is 5.69 Å². The van der Waals surface area contributed by atoms with Gasteiger partial charge in [-0.25, -0.2) is 4.90 Å². The van der Waals surface area contributed by atoms with Crippen molar-refractivity contribution in [3.63, 3.8) is 0 Å². The summed E-state index contributed by atoms with van der Waals surface area (Å²) in [5.41, 5.74) is 1.76. The van der Waals surface area contributed by atoms with E-state index in [9.17, 15) is 14.7 Å². The average molecular weight is 419 g/mol. The molecule has 0 saturated carbocycles. The molecule has 0 spiro atoms. The van der Waals surface area contributed by atoms with E-state index in [2.05, 4.69) is 5.32 Å². The lowest BCUT2D eigenvalue weighted by atomic mass is 10.1. The number of aromatic hydroxyl groups is 1. The van der Waals surface area contributed by atoms with Crippen molar-refractivity contribution in [2.75, 3.05) is 12.0 Å². The third-order valence-electron chi connectivity index (χ3n) is 4.63. The van der Waals surface area contributed by atoms with E-state index in [-0.39, 0.29) is 16.4 Å². The molecule has 4 rings (SSSR count). The smallest absolute Gasteiger partial charge is 0.270 e. The molecule has 1 aromatic heterocycles. The Morgan fingerprint density at radius 3 is 2.50 bits per heavy atom. The molecule has 1 saturated heterocycles. The van der Waals surface area contributed by atoms with Crippen molar-refractivity contribution in [2.24, 2.45) is 0 Å². The number of methoxy groups -OCH3 is 1. The first-order valence-electron chi connectivity index (χ1n) is 9.01. The summed E-state index contributed by atoms with van der Waals surface area (Å²) < 4.78 is 7.14. The second kappa shape index (κ2) is 7.84. The Hall–Kier alpha value is -3.91. The first kappa shape index (κ1) is 19.4. The fraction of sp³-hybridized carbons (Fsp3) is 0.0455. The maximum atomic E-state index is 13.2. The van der Waals surface area contributed by atoms with Crippen LogP contribution in [0.4, 0.5) is 5.69 Å². The van der Waals surface area contributed by atoms with E-state index in [4.69, 9.17) is 17.0 Å². The summed E-state index contributed by atoms with van der Waals surface area (Å²) in [6, 6.07) is 17.1. The molecule has 2 N–H and O–H groups in total. The summed E-state index contributed by atoms with van der Waals surface area (Å²) in [6.07, 6.45) is 3.31. The van der Waals surface area contributed by atoms with Crippen molar-refractivity contribution < 1.29 is 19.4 Å². The van der Waals surface area contributed by atoms with Gasteiger partial charge in [0.25, 0.3) is 11.8 Å². The maximum absolute atomic E-state index is 13.2. The molecule has 0 unspecified atom stereocenters. The van der Waals surface area contributed by atoms with Crippen molar-refractivity contribution >= 4 is 40.9 Å². The number of carbonyl (C=O) groups is 2. The molecular weight excluding hydrogens is 402 g/mol. The summed E-state index contributed by atoms with van der Waals surface area (Å²) in [4.78, 5) is 27.1. The number of phenolic OH excluding ortho intramolecular Hbond substituents is 1. The fourth-order valence-corrected chi connectivity index (χ4v) is 3.47. The predicted molar refractivity (Wildman–Crippen MR) is 117 cm³/mol. The highest BCUT2D eigenvalue weighted by molar-refractivity contribution is 7.80. The second-order valence-corrected chi connectivity index (χ2v) is 6.84. The molecule has 3 aromatic rings. The minimum Gasteiger partial charge on any atom is -0.508 e. The summed E-state index contributed by atoms with van der Waals surface area (Å²) >= 11 is 5.25. The molecule has 0 aliphatic carbocycles. The summed E-state index contributed by atoms with van der Waals surface area (Å²) in [6.45, 7) is 0. The van der Waals surface area contributed by atoms with E-state index in [1.807, 2.05) is 0 Å². The van der Waals surface area contributed by atoms with E-state index in [1.54, 1.807) is 71.4 Å². The highest BCUT2D eigenvalue weighted by atomic mass is 32.1. The van der Waals surface area contributed by atoms with Gasteiger partial charge in [-0.05, 0) is 66.8 Å². The van der Waals surface area contributed by atoms with Gasteiger partial charge in [0.15, 0.2) is 5.11 Å². The van der Waals surface area contributed by atoms with Crippen LogP contribution in [0.15, 0.2) is 72.4 Å². The molecule has 1 fully saturated rings. The fourth-order valence-electron chi connectivity index (χ4n) is 3.20. The number of nitrogens with one attached hydrogen (secondary N) is 1. The molecule has 2 aromatic carbocycles. The van der Waals surface area contributed by atoms with Crippen LogP contribution in [0.3, 0.4) is 0 Å². The van der Waals surface area contributed by atoms with Crippen molar-refractivity contribution in [3.05, 3.63) is 78.1 Å². The van der Waals surface area contributed by atoms with Gasteiger partial charge in [-0.2, -0.15) is 0 Å². The molecule has 150 valence electrons. The van der Waals surface area contributed by atoms with E-state index in [0.29, 0.717) is 17.1 Å². The van der Waals surface area contributed by atoms with E-state index in [1.165, 1.54) is 18.1 Å². The van der Waals surface area contributed by atoms with Gasteiger partial charge in [-0.1, -0.05) is 12.1 Å². The van der Waals surface area contributed by atoms with Gasteiger partial charge in [-0.15, -0.1) is 0 Å². The standard InChI is InChI=1S/C22H17N3O4S/c1-29-19-7-3-2-6-18(19)25-21(28)17(20(27)23-22(25)30)13-15-5-4-12-24(15)14-8-10-16(26)11-9-14/h2-13,26H,1H3,(H,23,27,30)/b17-13+. The first-order valence-corrected chi connectivity index (χ1v) is 9.41. The largest absolute Gasteiger partial charge is 0.508 e. The Kier molecular flexibility index (Phi) is 5.07. The van der Waals surface area contributed by atoms with Crippen LogP contribution < -0.4 is 15.0 Å². The average Bonchev–Trinajstić information content (AvgIpc) is 3.20. The summed E-state index contributed by atoms with van der Waals surface area (Å²) in [5.74, 6) is -0.522. The van der Waals surface area contributed by atoms with Gasteiger partial charge in [0, 0.05) is 17.6 Å². The number of amides is 2. The first-order chi connectivity index (χ1) is 14.5. The molecule has 0 atom stereocenters. The monoisotopic (exact) mass is 419 g/mol. The van der Waals surface area contributed by atoms with Crippen molar-refractivity contribution in [1.29, 1.82) is 0 Å². The van der Waals surface area contributed by atoms with Crippen LogP contribution in [-0.4, -0.2) is 33.7 Å². The minimum atomic E-state index is -0.574. The van der Waals surface area contributed by atoms with Crippen molar-refractivity contribution in [1.82, 2.24) is 9.88 Å². The molecule has 30 heavy (non-hydrogen) atoms. The normalized spacial score (nSPS) is 15.4. The number of carbonyl (C=O) groups excluding carboxylic acids is 2. The number of hydrogen-bond acceptors (Lipinski definition) is 5. The SMILES string of the molecule is COc1ccccc1N1C(=O)/C(=C/c2cccn2-c2ccc(O)cc2)C(=O)NC1=S. The van der Waals surface area contributed by atoms with Crippen molar-refractivity contribution in [2.45, 2.75) is 0 Å². The molecular formula is C22H17N3O4S. The van der Waals surface area contributed by atoms with Gasteiger partial charge >= 0.3 is 0 Å². The summed E-state index contributed by atoms with van der Waals surface area (Å²) in [5, 5.41) is 12.1. The molecule has 1 aliphatic rings. The van der Waals surface area contributed by atoms with Crippen LogP contribution in [0.2, 0.25) is 0 Å². The molecule has 2 amide bonds. The van der Waals surface area contributed by atoms with Gasteiger partial charge in [0.2, 0.25) is 0 Å². The van der Waals surface area contributed by atoms with Gasteiger partial charge < -0.3 is 14.4 Å².